The van der Waals surface area contributed by atoms with Crippen molar-refractivity contribution < 1.29 is 18.8 Å². The first-order valence-electron chi connectivity index (χ1n) is 10.5. The molecule has 0 saturated heterocycles. The lowest BCUT2D eigenvalue weighted by molar-refractivity contribution is -0.138. The summed E-state index contributed by atoms with van der Waals surface area (Å²) in [5.41, 5.74) is 6.28. The maximum absolute atomic E-state index is 14.6. The minimum absolute atomic E-state index is 0. The van der Waals surface area contributed by atoms with Gasteiger partial charge in [-0.15, -0.1) is 12.4 Å². The quantitative estimate of drug-likeness (QED) is 0.361. The zero-order chi connectivity index (χ0) is 23.5. The van der Waals surface area contributed by atoms with E-state index in [9.17, 15) is 9.18 Å². The van der Waals surface area contributed by atoms with Gasteiger partial charge in [0.25, 0.3) is 5.89 Å². The Bertz CT molecular complexity index is 1320. The van der Waals surface area contributed by atoms with E-state index in [-0.39, 0.29) is 31.3 Å². The number of likely N-dealkylation sites (N-methyl/N-ethyl adjacent to an activating group) is 1. The summed E-state index contributed by atoms with van der Waals surface area (Å²) in [5.74, 6) is -0.768. The Kier molecular flexibility index (Phi) is 7.81. The molecule has 0 aliphatic carbocycles. The second-order valence-corrected chi connectivity index (χ2v) is 8.14. The average Bonchev–Trinajstić information content (AvgIpc) is 3.25. The number of nitrogens with zero attached hydrogens (tertiary/aromatic N) is 3. The maximum atomic E-state index is 14.6. The fraction of sp³-hybridized carbons (Fsp3) is 0.192. The van der Waals surface area contributed by atoms with Crippen LogP contribution in [-0.4, -0.2) is 39.7 Å². The van der Waals surface area contributed by atoms with Crippen LogP contribution in [0.2, 0.25) is 0 Å². The molecule has 4 rings (SSSR count). The third-order valence-corrected chi connectivity index (χ3v) is 5.49. The molecule has 6 nitrogen and oxygen atoms in total. The molecule has 0 saturated carbocycles. The van der Waals surface area contributed by atoms with Crippen molar-refractivity contribution in [2.75, 3.05) is 13.6 Å². The lowest BCUT2D eigenvalue weighted by Gasteiger charge is -2.14. The van der Waals surface area contributed by atoms with E-state index in [4.69, 9.17) is 9.63 Å². The molecule has 34 heavy (non-hydrogen) atoms. The van der Waals surface area contributed by atoms with Crippen molar-refractivity contribution in [2.24, 2.45) is 0 Å². The molecule has 1 aromatic heterocycles. The number of carboxylic acids is 1. The minimum Gasteiger partial charge on any atom is -0.480 e. The number of halogens is 2. The predicted molar refractivity (Wildman–Crippen MR) is 131 cm³/mol. The van der Waals surface area contributed by atoms with Crippen LogP contribution in [0.25, 0.3) is 34.0 Å². The first-order chi connectivity index (χ1) is 15.8. The van der Waals surface area contributed by atoms with E-state index in [1.54, 1.807) is 19.2 Å². The van der Waals surface area contributed by atoms with Crippen molar-refractivity contribution in [2.45, 2.75) is 20.4 Å². The number of carbonyl (C=O) groups is 1. The molecule has 8 heteroatoms. The highest BCUT2D eigenvalue weighted by atomic mass is 35.5. The molecule has 0 spiro atoms. The molecule has 0 atom stereocenters. The number of benzene rings is 3. The van der Waals surface area contributed by atoms with Gasteiger partial charge in [0, 0.05) is 23.2 Å². The van der Waals surface area contributed by atoms with Gasteiger partial charge >= 0.3 is 5.97 Å². The van der Waals surface area contributed by atoms with Gasteiger partial charge in [0.05, 0.1) is 6.54 Å². The van der Waals surface area contributed by atoms with Crippen LogP contribution in [0.5, 0.6) is 0 Å². The van der Waals surface area contributed by atoms with Gasteiger partial charge in [-0.1, -0.05) is 47.6 Å². The van der Waals surface area contributed by atoms with Gasteiger partial charge in [0.2, 0.25) is 5.82 Å². The molecule has 0 fully saturated rings. The lowest BCUT2D eigenvalue weighted by Crippen LogP contribution is -2.25. The van der Waals surface area contributed by atoms with Crippen molar-refractivity contribution in [3.05, 3.63) is 83.2 Å². The molecule has 176 valence electrons. The minimum atomic E-state index is -0.962. The van der Waals surface area contributed by atoms with Crippen molar-refractivity contribution >= 4 is 18.4 Å². The molecule has 1 N–H and O–H groups in total. The van der Waals surface area contributed by atoms with Crippen molar-refractivity contribution in [3.8, 4) is 34.0 Å². The zero-order valence-electron chi connectivity index (χ0n) is 19.1. The SMILES string of the molecule is Cc1ccccc1-c1ccc(-c2nc(-c3ccc(CN(C)CC(=O)O)c(F)c3)no2)cc1C.Cl. The Balaban J connectivity index is 0.00000324. The van der Waals surface area contributed by atoms with Crippen LogP contribution >= 0.6 is 12.4 Å². The number of aryl methyl sites for hydroxylation is 2. The fourth-order valence-corrected chi connectivity index (χ4v) is 3.82. The van der Waals surface area contributed by atoms with Crippen LogP contribution < -0.4 is 0 Å². The number of carboxylic acid groups (broad SMARTS) is 1. The summed E-state index contributed by atoms with van der Waals surface area (Å²) in [6, 6.07) is 18.9. The number of aliphatic carboxylic acids is 1. The number of hydrogen-bond acceptors (Lipinski definition) is 5. The van der Waals surface area contributed by atoms with E-state index in [0.29, 0.717) is 17.0 Å². The van der Waals surface area contributed by atoms with Crippen LogP contribution in [0.1, 0.15) is 16.7 Å². The zero-order valence-corrected chi connectivity index (χ0v) is 19.9. The van der Waals surface area contributed by atoms with Crippen LogP contribution in [0.3, 0.4) is 0 Å². The van der Waals surface area contributed by atoms with Crippen LogP contribution in [0, 0.1) is 19.7 Å². The highest BCUT2D eigenvalue weighted by Gasteiger charge is 2.15. The van der Waals surface area contributed by atoms with E-state index >= 15 is 0 Å². The molecule has 0 aliphatic heterocycles. The molecule has 0 aliphatic rings. The second-order valence-electron chi connectivity index (χ2n) is 8.14. The fourth-order valence-electron chi connectivity index (χ4n) is 3.82. The summed E-state index contributed by atoms with van der Waals surface area (Å²) in [6.45, 7) is 4.14. The van der Waals surface area contributed by atoms with Crippen LogP contribution in [0.4, 0.5) is 4.39 Å². The van der Waals surface area contributed by atoms with Crippen molar-refractivity contribution in [1.29, 1.82) is 0 Å². The molecule has 0 amide bonds. The Morgan fingerprint density at radius 1 is 1.00 bits per heavy atom. The topological polar surface area (TPSA) is 79.5 Å². The van der Waals surface area contributed by atoms with E-state index in [0.717, 1.165) is 16.7 Å². The molecule has 0 radical (unpaired) electrons. The second kappa shape index (κ2) is 10.6. The number of aromatic nitrogens is 2. The van der Waals surface area contributed by atoms with Crippen molar-refractivity contribution in [3.63, 3.8) is 0 Å². The Morgan fingerprint density at radius 2 is 1.71 bits per heavy atom. The summed E-state index contributed by atoms with van der Waals surface area (Å²) in [7, 11) is 1.62. The highest BCUT2D eigenvalue weighted by molar-refractivity contribution is 5.85. The van der Waals surface area contributed by atoms with Gasteiger partial charge in [-0.3, -0.25) is 9.69 Å². The highest BCUT2D eigenvalue weighted by Crippen LogP contribution is 2.31. The Hall–Kier alpha value is -3.55. The largest absolute Gasteiger partial charge is 0.480 e. The first kappa shape index (κ1) is 25.1. The van der Waals surface area contributed by atoms with Gasteiger partial charge < -0.3 is 9.63 Å². The standard InChI is InChI=1S/C26H24FN3O3.ClH/c1-16-6-4-5-7-21(16)22-11-10-19(12-17(22)2)26-28-25(29-33-26)18-8-9-20(23(27)13-18)14-30(3)15-24(31)32;/h4-13H,14-15H2,1-3H3,(H,31,32);1H. The van der Waals surface area contributed by atoms with Gasteiger partial charge in [0.15, 0.2) is 0 Å². The monoisotopic (exact) mass is 481 g/mol. The molecule has 0 unspecified atom stereocenters. The van der Waals surface area contributed by atoms with Crippen LogP contribution in [0.15, 0.2) is 65.2 Å². The summed E-state index contributed by atoms with van der Waals surface area (Å²) in [4.78, 5) is 16.8. The number of rotatable bonds is 7. The van der Waals surface area contributed by atoms with Gasteiger partial charge in [0.1, 0.15) is 5.82 Å². The van der Waals surface area contributed by atoms with Crippen molar-refractivity contribution in [1.82, 2.24) is 15.0 Å². The third kappa shape index (κ3) is 5.50. The third-order valence-electron chi connectivity index (χ3n) is 5.49. The lowest BCUT2D eigenvalue weighted by atomic mass is 9.95. The molecule has 1 heterocycles. The average molecular weight is 482 g/mol. The van der Waals surface area contributed by atoms with E-state index in [1.807, 2.05) is 37.3 Å². The van der Waals surface area contributed by atoms with Gasteiger partial charge in [-0.25, -0.2) is 4.39 Å². The molecule has 4 aromatic rings. The van der Waals surface area contributed by atoms with E-state index in [1.165, 1.54) is 22.1 Å². The Morgan fingerprint density at radius 3 is 2.38 bits per heavy atom. The normalized spacial score (nSPS) is 10.9. The maximum Gasteiger partial charge on any atom is 0.317 e. The molecular weight excluding hydrogens is 457 g/mol. The van der Waals surface area contributed by atoms with E-state index < -0.39 is 11.8 Å². The van der Waals surface area contributed by atoms with E-state index in [2.05, 4.69) is 29.2 Å². The van der Waals surface area contributed by atoms with Gasteiger partial charge in [-0.2, -0.15) is 4.98 Å². The molecule has 0 bridgehead atoms. The summed E-state index contributed by atoms with van der Waals surface area (Å²) in [5, 5.41) is 12.9. The smallest absolute Gasteiger partial charge is 0.317 e. The first-order valence-corrected chi connectivity index (χ1v) is 10.5. The predicted octanol–water partition coefficient (Wildman–Crippen LogP) is 5.76. The summed E-state index contributed by atoms with van der Waals surface area (Å²) < 4.78 is 20.0. The Labute approximate surface area is 203 Å². The molecule has 3 aromatic carbocycles. The summed E-state index contributed by atoms with van der Waals surface area (Å²) >= 11 is 0. The van der Waals surface area contributed by atoms with Gasteiger partial charge in [-0.05, 0) is 61.3 Å². The summed E-state index contributed by atoms with van der Waals surface area (Å²) in [6.07, 6.45) is 0. The molecular formula is C26H25ClFN3O3. The number of hydrogen-bond donors (Lipinski definition) is 1. The van der Waals surface area contributed by atoms with Crippen LogP contribution in [-0.2, 0) is 11.3 Å².